The average Bonchev–Trinajstić information content (AvgIpc) is 2.23. The van der Waals surface area contributed by atoms with Gasteiger partial charge in [0.2, 0.25) is 0 Å². The largest absolute Gasteiger partial charge is 0.326 e. The van der Waals surface area contributed by atoms with E-state index in [0.29, 0.717) is 17.5 Å². The fourth-order valence-electron chi connectivity index (χ4n) is 5.21. The molecule has 0 aliphatic heterocycles. The Morgan fingerprint density at radius 2 is 1.53 bits per heavy atom. The predicted molar refractivity (Wildman–Crippen MR) is 71.7 cm³/mol. The molecule has 98 valence electrons. The van der Waals surface area contributed by atoms with Crippen LogP contribution < -0.4 is 11.1 Å². The molecule has 0 amide bonds. The van der Waals surface area contributed by atoms with Gasteiger partial charge in [0.25, 0.3) is 0 Å². The number of nitrogens with one attached hydrogen (secondary N) is 1. The molecular formula is C15H28N2. The molecular weight excluding hydrogens is 208 g/mol. The molecule has 1 atom stereocenters. The number of nitrogens with two attached hydrogens (primary N) is 1. The summed E-state index contributed by atoms with van der Waals surface area (Å²) in [7, 11) is 0. The van der Waals surface area contributed by atoms with E-state index < -0.39 is 0 Å². The molecule has 0 aromatic carbocycles. The molecule has 17 heavy (non-hydrogen) atoms. The molecule has 4 bridgehead atoms. The van der Waals surface area contributed by atoms with E-state index in [-0.39, 0.29) is 0 Å². The molecule has 0 saturated heterocycles. The van der Waals surface area contributed by atoms with Crippen LogP contribution in [0.15, 0.2) is 0 Å². The smallest absolute Gasteiger partial charge is 0.0222 e. The molecule has 4 aliphatic rings. The van der Waals surface area contributed by atoms with E-state index in [2.05, 4.69) is 19.2 Å². The quantitative estimate of drug-likeness (QED) is 0.787. The monoisotopic (exact) mass is 236 g/mol. The molecule has 0 radical (unpaired) electrons. The average molecular weight is 236 g/mol. The van der Waals surface area contributed by atoms with Gasteiger partial charge in [-0.1, -0.05) is 13.8 Å². The van der Waals surface area contributed by atoms with Gasteiger partial charge in [-0.15, -0.1) is 0 Å². The van der Waals surface area contributed by atoms with Crippen molar-refractivity contribution in [3.63, 3.8) is 0 Å². The van der Waals surface area contributed by atoms with Gasteiger partial charge in [-0.3, -0.25) is 0 Å². The molecule has 0 heterocycles. The molecule has 4 aliphatic carbocycles. The normalized spacial score (nSPS) is 45.5. The lowest BCUT2D eigenvalue weighted by Crippen LogP contribution is -2.57. The lowest BCUT2D eigenvalue weighted by molar-refractivity contribution is -0.0666. The van der Waals surface area contributed by atoms with Crippen molar-refractivity contribution < 1.29 is 0 Å². The lowest BCUT2D eigenvalue weighted by atomic mass is 9.48. The van der Waals surface area contributed by atoms with Gasteiger partial charge in [0, 0.05) is 18.6 Å². The van der Waals surface area contributed by atoms with Crippen molar-refractivity contribution >= 4 is 0 Å². The molecule has 2 heteroatoms. The summed E-state index contributed by atoms with van der Waals surface area (Å²) in [6.07, 6.45) is 8.84. The second kappa shape index (κ2) is 4.24. The Morgan fingerprint density at radius 3 is 1.94 bits per heavy atom. The fraction of sp³-hybridized carbons (Fsp3) is 1.00. The summed E-state index contributed by atoms with van der Waals surface area (Å²) in [5.74, 6) is 3.06. The highest BCUT2D eigenvalue weighted by molar-refractivity contribution is 5.05. The third-order valence-electron chi connectivity index (χ3n) is 5.62. The van der Waals surface area contributed by atoms with Crippen LogP contribution in [0, 0.1) is 23.2 Å². The maximum Gasteiger partial charge on any atom is 0.0222 e. The first-order valence-corrected chi connectivity index (χ1v) is 7.56. The topological polar surface area (TPSA) is 38.0 Å². The molecule has 4 saturated carbocycles. The number of hydrogen-bond acceptors (Lipinski definition) is 2. The standard InChI is InChI=1S/C15H28N2/c1-10(2)17-9-14(16)15-6-11-3-12(7-15)5-13(4-11)8-15/h10-14,17H,3-9,16H2,1-2H3. The van der Waals surface area contributed by atoms with E-state index >= 15 is 0 Å². The second-order valence-electron chi connectivity index (χ2n) is 7.45. The van der Waals surface area contributed by atoms with Crippen LogP contribution in [0.2, 0.25) is 0 Å². The summed E-state index contributed by atoms with van der Waals surface area (Å²) in [5.41, 5.74) is 7.07. The van der Waals surface area contributed by atoms with Gasteiger partial charge in [0.15, 0.2) is 0 Å². The van der Waals surface area contributed by atoms with Gasteiger partial charge in [0.1, 0.15) is 0 Å². The summed E-state index contributed by atoms with van der Waals surface area (Å²) in [6, 6.07) is 0.952. The highest BCUT2D eigenvalue weighted by atomic mass is 14.9. The molecule has 1 unspecified atom stereocenters. The van der Waals surface area contributed by atoms with Crippen LogP contribution in [-0.2, 0) is 0 Å². The summed E-state index contributed by atoms with van der Waals surface area (Å²) in [4.78, 5) is 0. The van der Waals surface area contributed by atoms with E-state index in [1.807, 2.05) is 0 Å². The molecule has 0 aromatic rings. The van der Waals surface area contributed by atoms with Crippen LogP contribution in [0.1, 0.15) is 52.4 Å². The van der Waals surface area contributed by atoms with Gasteiger partial charge in [-0.25, -0.2) is 0 Å². The third kappa shape index (κ3) is 2.15. The van der Waals surface area contributed by atoms with Crippen molar-refractivity contribution in [3.8, 4) is 0 Å². The van der Waals surface area contributed by atoms with Crippen molar-refractivity contribution in [1.29, 1.82) is 0 Å². The highest BCUT2D eigenvalue weighted by Crippen LogP contribution is 2.60. The van der Waals surface area contributed by atoms with Crippen molar-refractivity contribution in [3.05, 3.63) is 0 Å². The SMILES string of the molecule is CC(C)NCC(N)C12CC3CC(CC(C3)C1)C2. The van der Waals surface area contributed by atoms with E-state index in [4.69, 9.17) is 5.73 Å². The van der Waals surface area contributed by atoms with Crippen LogP contribution in [-0.4, -0.2) is 18.6 Å². The third-order valence-corrected chi connectivity index (χ3v) is 5.62. The zero-order valence-corrected chi connectivity index (χ0v) is 11.4. The summed E-state index contributed by atoms with van der Waals surface area (Å²) in [5, 5.41) is 3.55. The van der Waals surface area contributed by atoms with Crippen LogP contribution in [0.3, 0.4) is 0 Å². The predicted octanol–water partition coefficient (Wildman–Crippen LogP) is 2.53. The van der Waals surface area contributed by atoms with Gasteiger partial charge >= 0.3 is 0 Å². The number of rotatable bonds is 4. The van der Waals surface area contributed by atoms with Gasteiger partial charge in [-0.05, 0) is 61.7 Å². The first-order chi connectivity index (χ1) is 8.07. The molecule has 0 spiro atoms. The lowest BCUT2D eigenvalue weighted by Gasteiger charge is -2.59. The maximum atomic E-state index is 6.56. The minimum atomic E-state index is 0.387. The molecule has 4 rings (SSSR count). The molecule has 3 N–H and O–H groups in total. The van der Waals surface area contributed by atoms with E-state index in [1.165, 1.54) is 38.5 Å². The summed E-state index contributed by atoms with van der Waals surface area (Å²) < 4.78 is 0. The van der Waals surface area contributed by atoms with E-state index in [9.17, 15) is 0 Å². The first-order valence-electron chi connectivity index (χ1n) is 7.56. The zero-order valence-electron chi connectivity index (χ0n) is 11.4. The maximum absolute atomic E-state index is 6.56. The minimum absolute atomic E-state index is 0.387. The Kier molecular flexibility index (Phi) is 2.99. The van der Waals surface area contributed by atoms with Crippen LogP contribution in [0.25, 0.3) is 0 Å². The number of hydrogen-bond donors (Lipinski definition) is 2. The van der Waals surface area contributed by atoms with Crippen molar-refractivity contribution in [2.24, 2.45) is 28.9 Å². The zero-order chi connectivity index (χ0) is 12.0. The van der Waals surface area contributed by atoms with E-state index in [1.54, 1.807) is 0 Å². The van der Waals surface area contributed by atoms with Crippen molar-refractivity contribution in [1.82, 2.24) is 5.32 Å². The molecule has 0 aromatic heterocycles. The summed E-state index contributed by atoms with van der Waals surface area (Å²) >= 11 is 0. The Labute approximate surface area is 106 Å². The van der Waals surface area contributed by atoms with Gasteiger partial charge < -0.3 is 11.1 Å². The van der Waals surface area contributed by atoms with Crippen LogP contribution in [0.5, 0.6) is 0 Å². The molecule has 2 nitrogen and oxygen atoms in total. The van der Waals surface area contributed by atoms with Crippen molar-refractivity contribution in [2.45, 2.75) is 64.5 Å². The molecule has 4 fully saturated rings. The Morgan fingerprint density at radius 1 is 1.06 bits per heavy atom. The Balaban J connectivity index is 1.68. The van der Waals surface area contributed by atoms with Crippen LogP contribution in [0.4, 0.5) is 0 Å². The van der Waals surface area contributed by atoms with Gasteiger partial charge in [0.05, 0.1) is 0 Å². The van der Waals surface area contributed by atoms with Gasteiger partial charge in [-0.2, -0.15) is 0 Å². The Hall–Kier alpha value is -0.0800. The minimum Gasteiger partial charge on any atom is -0.326 e. The van der Waals surface area contributed by atoms with Crippen molar-refractivity contribution in [2.75, 3.05) is 6.54 Å². The second-order valence-corrected chi connectivity index (χ2v) is 7.45. The fourth-order valence-corrected chi connectivity index (χ4v) is 5.21. The van der Waals surface area contributed by atoms with Crippen LogP contribution >= 0.6 is 0 Å². The summed E-state index contributed by atoms with van der Waals surface area (Å²) in [6.45, 7) is 5.45. The first kappa shape index (κ1) is 12.0. The van der Waals surface area contributed by atoms with E-state index in [0.717, 1.165) is 24.3 Å². The highest BCUT2D eigenvalue weighted by Gasteiger charge is 2.53. The Bertz CT molecular complexity index is 249.